The maximum absolute atomic E-state index is 14.0. The van der Waals surface area contributed by atoms with Gasteiger partial charge in [0.25, 0.3) is 5.91 Å². The summed E-state index contributed by atoms with van der Waals surface area (Å²) in [6.07, 6.45) is 2.03. The summed E-state index contributed by atoms with van der Waals surface area (Å²) in [7, 11) is 0. The average Bonchev–Trinajstić information content (AvgIpc) is 3.47. The van der Waals surface area contributed by atoms with Gasteiger partial charge in [-0.2, -0.15) is 0 Å². The molecule has 2 fully saturated rings. The molecule has 1 heterocycles. The van der Waals surface area contributed by atoms with E-state index in [1.807, 2.05) is 51.1 Å². The highest BCUT2D eigenvalue weighted by Crippen LogP contribution is 2.43. The summed E-state index contributed by atoms with van der Waals surface area (Å²) in [4.78, 5) is 64.7. The van der Waals surface area contributed by atoms with E-state index < -0.39 is 41.8 Å². The number of nitrogens with zero attached hydrogens (tertiary/aromatic N) is 1. The monoisotopic (exact) mass is 507 g/mol. The van der Waals surface area contributed by atoms with Crippen LogP contribution in [0.4, 0.5) is 0 Å². The molecule has 0 aromatic heterocycles. The molecule has 0 radical (unpaired) electrons. The lowest BCUT2D eigenvalue weighted by Gasteiger charge is -2.40. The lowest BCUT2D eigenvalue weighted by Crippen LogP contribution is -2.61. The Bertz CT molecular complexity index is 1230. The van der Waals surface area contributed by atoms with Gasteiger partial charge in [0, 0.05) is 11.6 Å². The standard InChI is InChI=1S/C28H33N3O6/c1-28(2,3)24(30-25(35)21-10-6-8-16-7-4-5-9-20(16)21)27(37)31-19-12-11-17(13-19)23(31)26(36)29-18(15-32)14-22(33)34/h4-10,15,17-19,23-24H,11-14H2,1-3H3,(H,29,36)(H,30,35)(H,33,34)/t17-,18-,19?,23?,24+/m0/s1. The lowest BCUT2D eigenvalue weighted by molar-refractivity contribution is -0.147. The quantitative estimate of drug-likeness (QED) is 0.471. The third kappa shape index (κ3) is 5.35. The van der Waals surface area contributed by atoms with Crippen molar-refractivity contribution < 1.29 is 29.1 Å². The number of aldehydes is 1. The van der Waals surface area contributed by atoms with E-state index in [1.165, 1.54) is 0 Å². The number of amides is 3. The Morgan fingerprint density at radius 2 is 1.76 bits per heavy atom. The number of likely N-dealkylation sites (tertiary alicyclic amines) is 1. The number of piperidine rings is 1. The van der Waals surface area contributed by atoms with E-state index in [4.69, 9.17) is 5.11 Å². The SMILES string of the molecule is CC(C)(C)[C@H](NC(=O)c1cccc2ccccc12)C(=O)N1C2CC[C@@H](C2)C1C(=O)N[C@H](C=O)CC(=O)O. The van der Waals surface area contributed by atoms with Gasteiger partial charge in [-0.25, -0.2) is 0 Å². The van der Waals surface area contributed by atoms with Crippen LogP contribution in [0.5, 0.6) is 0 Å². The van der Waals surface area contributed by atoms with Crippen LogP contribution in [-0.4, -0.2) is 64.2 Å². The van der Waals surface area contributed by atoms with E-state index in [1.54, 1.807) is 17.0 Å². The number of hydrogen-bond donors (Lipinski definition) is 3. The van der Waals surface area contributed by atoms with Crippen molar-refractivity contribution in [2.75, 3.05) is 0 Å². The first-order chi connectivity index (χ1) is 17.5. The van der Waals surface area contributed by atoms with Gasteiger partial charge in [0.15, 0.2) is 0 Å². The number of carboxylic acid groups (broad SMARTS) is 1. The fourth-order valence-electron chi connectivity index (χ4n) is 5.66. The Balaban J connectivity index is 1.60. The van der Waals surface area contributed by atoms with Crippen LogP contribution in [0.15, 0.2) is 42.5 Å². The zero-order valence-corrected chi connectivity index (χ0v) is 21.3. The van der Waals surface area contributed by atoms with Gasteiger partial charge in [-0.05, 0) is 47.4 Å². The highest BCUT2D eigenvalue weighted by molar-refractivity contribution is 6.08. The molecule has 37 heavy (non-hydrogen) atoms. The minimum atomic E-state index is -1.21. The van der Waals surface area contributed by atoms with Gasteiger partial charge in [0.1, 0.15) is 18.4 Å². The van der Waals surface area contributed by atoms with Gasteiger partial charge in [-0.3, -0.25) is 19.2 Å². The summed E-state index contributed by atoms with van der Waals surface area (Å²) >= 11 is 0. The minimum Gasteiger partial charge on any atom is -0.481 e. The number of nitrogens with one attached hydrogen (secondary N) is 2. The first kappa shape index (κ1) is 26.3. The summed E-state index contributed by atoms with van der Waals surface area (Å²) in [5.41, 5.74) is -0.200. The molecule has 2 aliphatic rings. The zero-order chi connectivity index (χ0) is 26.9. The highest BCUT2D eigenvalue weighted by atomic mass is 16.4. The first-order valence-corrected chi connectivity index (χ1v) is 12.6. The van der Waals surface area contributed by atoms with Crippen LogP contribution in [0.2, 0.25) is 0 Å². The van der Waals surface area contributed by atoms with E-state index >= 15 is 0 Å². The number of rotatable bonds is 8. The van der Waals surface area contributed by atoms with Gasteiger partial charge in [-0.15, -0.1) is 0 Å². The lowest BCUT2D eigenvalue weighted by atomic mass is 9.84. The second kappa shape index (κ2) is 10.3. The van der Waals surface area contributed by atoms with Gasteiger partial charge in [-0.1, -0.05) is 57.2 Å². The molecule has 9 heteroatoms. The molecular weight excluding hydrogens is 474 g/mol. The normalized spacial score (nSPS) is 22.4. The minimum absolute atomic E-state index is 0.0829. The molecule has 2 aromatic rings. The van der Waals surface area contributed by atoms with Crippen molar-refractivity contribution in [2.24, 2.45) is 11.3 Å². The van der Waals surface area contributed by atoms with Crippen LogP contribution in [0.25, 0.3) is 10.8 Å². The van der Waals surface area contributed by atoms with Crippen molar-refractivity contribution in [1.29, 1.82) is 0 Å². The van der Waals surface area contributed by atoms with E-state index in [-0.39, 0.29) is 23.8 Å². The molecule has 196 valence electrons. The molecule has 0 spiro atoms. The third-order valence-electron chi connectivity index (χ3n) is 7.42. The van der Waals surface area contributed by atoms with Crippen molar-refractivity contribution >= 4 is 40.7 Å². The molecule has 3 N–H and O–H groups in total. The Morgan fingerprint density at radius 3 is 2.43 bits per heavy atom. The van der Waals surface area contributed by atoms with E-state index in [2.05, 4.69) is 10.6 Å². The Hall–Kier alpha value is -3.75. The van der Waals surface area contributed by atoms with Gasteiger partial charge >= 0.3 is 5.97 Å². The van der Waals surface area contributed by atoms with Crippen molar-refractivity contribution in [3.8, 4) is 0 Å². The predicted molar refractivity (Wildman–Crippen MR) is 137 cm³/mol. The maximum Gasteiger partial charge on any atom is 0.305 e. The van der Waals surface area contributed by atoms with Crippen LogP contribution in [-0.2, 0) is 19.2 Å². The molecule has 2 bridgehead atoms. The van der Waals surface area contributed by atoms with E-state index in [0.717, 1.165) is 23.6 Å². The van der Waals surface area contributed by atoms with Crippen molar-refractivity contribution in [3.05, 3.63) is 48.0 Å². The number of carboxylic acids is 1. The Kier molecular flexibility index (Phi) is 7.34. The fourth-order valence-corrected chi connectivity index (χ4v) is 5.66. The third-order valence-corrected chi connectivity index (χ3v) is 7.42. The second-order valence-electron chi connectivity index (χ2n) is 11.1. The van der Waals surface area contributed by atoms with Crippen LogP contribution < -0.4 is 10.6 Å². The smallest absolute Gasteiger partial charge is 0.305 e. The number of fused-ring (bicyclic) bond motifs is 3. The number of carbonyl (C=O) groups is 5. The fraction of sp³-hybridized carbons (Fsp3) is 0.464. The molecule has 2 unspecified atom stereocenters. The number of hydrogen-bond acceptors (Lipinski definition) is 5. The molecule has 1 aliphatic carbocycles. The van der Waals surface area contributed by atoms with Gasteiger partial charge < -0.3 is 25.4 Å². The predicted octanol–water partition coefficient (Wildman–Crippen LogP) is 2.52. The zero-order valence-electron chi connectivity index (χ0n) is 21.3. The van der Waals surface area contributed by atoms with Crippen LogP contribution in [0, 0.1) is 11.3 Å². The van der Waals surface area contributed by atoms with Crippen molar-refractivity contribution in [2.45, 2.75) is 70.6 Å². The molecule has 1 saturated heterocycles. The largest absolute Gasteiger partial charge is 0.481 e. The first-order valence-electron chi connectivity index (χ1n) is 12.6. The topological polar surface area (TPSA) is 133 Å². The van der Waals surface area contributed by atoms with Gasteiger partial charge in [0.2, 0.25) is 11.8 Å². The number of carbonyl (C=O) groups excluding carboxylic acids is 4. The summed E-state index contributed by atoms with van der Waals surface area (Å²) in [5.74, 6) is -2.55. The molecule has 1 saturated carbocycles. The number of benzene rings is 2. The molecule has 3 amide bonds. The summed E-state index contributed by atoms with van der Waals surface area (Å²) < 4.78 is 0. The van der Waals surface area contributed by atoms with Crippen molar-refractivity contribution in [1.82, 2.24) is 15.5 Å². The van der Waals surface area contributed by atoms with Crippen LogP contribution >= 0.6 is 0 Å². The van der Waals surface area contributed by atoms with Crippen LogP contribution in [0.3, 0.4) is 0 Å². The second-order valence-corrected chi connectivity index (χ2v) is 11.1. The molecule has 2 aromatic carbocycles. The highest BCUT2D eigenvalue weighted by Gasteiger charge is 2.53. The summed E-state index contributed by atoms with van der Waals surface area (Å²) in [6.45, 7) is 5.58. The molecule has 9 nitrogen and oxygen atoms in total. The molecule has 4 rings (SSSR count). The molecule has 5 atom stereocenters. The summed E-state index contributed by atoms with van der Waals surface area (Å²) in [6, 6.07) is 9.90. The average molecular weight is 508 g/mol. The maximum atomic E-state index is 14.0. The summed E-state index contributed by atoms with van der Waals surface area (Å²) in [5, 5.41) is 16.2. The number of aliphatic carboxylic acids is 1. The Morgan fingerprint density at radius 1 is 1.05 bits per heavy atom. The van der Waals surface area contributed by atoms with Gasteiger partial charge in [0.05, 0.1) is 12.5 Å². The molecular formula is C28H33N3O6. The van der Waals surface area contributed by atoms with E-state index in [0.29, 0.717) is 18.3 Å². The molecule has 1 aliphatic heterocycles. The van der Waals surface area contributed by atoms with Crippen LogP contribution in [0.1, 0.15) is 56.8 Å². The Labute approximate surface area is 215 Å². The van der Waals surface area contributed by atoms with Crippen molar-refractivity contribution in [3.63, 3.8) is 0 Å². The van der Waals surface area contributed by atoms with E-state index in [9.17, 15) is 24.0 Å².